The van der Waals surface area contributed by atoms with E-state index in [1.807, 2.05) is 0 Å². The first-order chi connectivity index (χ1) is 13.2. The van der Waals surface area contributed by atoms with Crippen LogP contribution in [0.5, 0.6) is 0 Å². The van der Waals surface area contributed by atoms with Crippen LogP contribution in [0.1, 0.15) is 6.92 Å². The van der Waals surface area contributed by atoms with Gasteiger partial charge < -0.3 is 15.7 Å². The van der Waals surface area contributed by atoms with Crippen molar-refractivity contribution >= 4 is 64.1 Å². The summed E-state index contributed by atoms with van der Waals surface area (Å²) in [4.78, 5) is 35.3. The van der Waals surface area contributed by atoms with Crippen LogP contribution in [0.2, 0.25) is 10.0 Å². The van der Waals surface area contributed by atoms with Gasteiger partial charge in [-0.25, -0.2) is 4.79 Å². The van der Waals surface area contributed by atoms with E-state index in [0.29, 0.717) is 21.4 Å². The zero-order chi connectivity index (χ0) is 20.7. The fraction of sp³-hybridized carbons (Fsp3) is 0.105. The fourth-order valence-electron chi connectivity index (χ4n) is 2.06. The number of rotatable bonds is 7. The first-order valence-corrected chi connectivity index (χ1v) is 9.63. The number of nitrogens with one attached hydrogen (secondary N) is 2. The summed E-state index contributed by atoms with van der Waals surface area (Å²) < 4.78 is 0. The Morgan fingerprint density at radius 3 is 2.54 bits per heavy atom. The number of carboxylic acid groups (broad SMARTS) is 1. The number of anilines is 2. The standard InChI is InChI=1S/C19H16Cl2N2O4S/c1-11(19(27)23-16-9-12(20)5-6-15(16)21)28-14-4-2-3-13(10-14)22-17(24)7-8-18(25)26/h2-11H,1H3,(H,22,24)(H,23,27)(H,25,26)/b8-7+. The highest BCUT2D eigenvalue weighted by molar-refractivity contribution is 8.00. The number of halogens is 2. The Morgan fingerprint density at radius 1 is 1.07 bits per heavy atom. The maximum atomic E-state index is 12.4. The van der Waals surface area contributed by atoms with E-state index in [1.165, 1.54) is 11.8 Å². The molecule has 0 heterocycles. The van der Waals surface area contributed by atoms with Crippen LogP contribution in [0, 0.1) is 0 Å². The molecule has 6 nitrogen and oxygen atoms in total. The highest BCUT2D eigenvalue weighted by Gasteiger charge is 2.16. The molecule has 0 aliphatic rings. The van der Waals surface area contributed by atoms with Gasteiger partial charge in [0.2, 0.25) is 11.8 Å². The molecule has 0 spiro atoms. The van der Waals surface area contributed by atoms with Gasteiger partial charge in [0.1, 0.15) is 0 Å². The van der Waals surface area contributed by atoms with Gasteiger partial charge in [0, 0.05) is 27.8 Å². The van der Waals surface area contributed by atoms with Crippen LogP contribution in [0.4, 0.5) is 11.4 Å². The average molecular weight is 439 g/mol. The molecule has 2 rings (SSSR count). The molecule has 0 saturated carbocycles. The molecule has 0 radical (unpaired) electrons. The Balaban J connectivity index is 2.00. The number of benzene rings is 2. The number of thioether (sulfide) groups is 1. The summed E-state index contributed by atoms with van der Waals surface area (Å²) in [5.41, 5.74) is 0.911. The summed E-state index contributed by atoms with van der Waals surface area (Å²) in [6, 6.07) is 11.7. The lowest BCUT2D eigenvalue weighted by Crippen LogP contribution is -2.22. The molecule has 0 aliphatic heterocycles. The third kappa shape index (κ3) is 6.92. The molecular weight excluding hydrogens is 423 g/mol. The number of hydrogen-bond donors (Lipinski definition) is 3. The number of carbonyl (C=O) groups is 3. The Labute approximate surface area is 175 Å². The lowest BCUT2D eigenvalue weighted by atomic mass is 10.3. The van der Waals surface area contributed by atoms with Gasteiger partial charge in [0.25, 0.3) is 0 Å². The van der Waals surface area contributed by atoms with Gasteiger partial charge in [-0.15, -0.1) is 11.8 Å². The summed E-state index contributed by atoms with van der Waals surface area (Å²) in [6.45, 7) is 1.74. The van der Waals surface area contributed by atoms with Crippen LogP contribution in [-0.4, -0.2) is 28.1 Å². The molecule has 0 fully saturated rings. The van der Waals surface area contributed by atoms with Crippen LogP contribution in [-0.2, 0) is 14.4 Å². The van der Waals surface area contributed by atoms with Gasteiger partial charge in [-0.1, -0.05) is 29.3 Å². The van der Waals surface area contributed by atoms with Crippen LogP contribution in [0.3, 0.4) is 0 Å². The van der Waals surface area contributed by atoms with Crippen molar-refractivity contribution in [2.75, 3.05) is 10.6 Å². The average Bonchev–Trinajstić information content (AvgIpc) is 2.63. The van der Waals surface area contributed by atoms with Gasteiger partial charge in [-0.2, -0.15) is 0 Å². The molecule has 0 aliphatic carbocycles. The largest absolute Gasteiger partial charge is 0.478 e. The Bertz CT molecular complexity index is 934. The van der Waals surface area contributed by atoms with E-state index in [9.17, 15) is 14.4 Å². The molecule has 0 aromatic heterocycles. The minimum absolute atomic E-state index is 0.256. The van der Waals surface area contributed by atoms with E-state index in [4.69, 9.17) is 28.3 Å². The number of amides is 2. The van der Waals surface area contributed by atoms with Crippen LogP contribution < -0.4 is 10.6 Å². The third-order valence-electron chi connectivity index (χ3n) is 3.35. The minimum Gasteiger partial charge on any atom is -0.478 e. The monoisotopic (exact) mass is 438 g/mol. The maximum absolute atomic E-state index is 12.4. The normalized spacial score (nSPS) is 11.8. The summed E-state index contributed by atoms with van der Waals surface area (Å²) in [7, 11) is 0. The first-order valence-electron chi connectivity index (χ1n) is 7.99. The van der Waals surface area contributed by atoms with E-state index < -0.39 is 17.1 Å². The predicted octanol–water partition coefficient (Wildman–Crippen LogP) is 4.69. The van der Waals surface area contributed by atoms with Crippen molar-refractivity contribution in [3.05, 3.63) is 64.7 Å². The molecule has 2 aromatic carbocycles. The van der Waals surface area contributed by atoms with E-state index in [-0.39, 0.29) is 5.91 Å². The van der Waals surface area contributed by atoms with E-state index in [1.54, 1.807) is 49.4 Å². The highest BCUT2D eigenvalue weighted by atomic mass is 35.5. The quantitative estimate of drug-likeness (QED) is 0.430. The molecule has 9 heteroatoms. The van der Waals surface area contributed by atoms with Crippen molar-refractivity contribution < 1.29 is 19.5 Å². The summed E-state index contributed by atoms with van der Waals surface area (Å²) in [5.74, 6) is -2.03. The first kappa shape index (κ1) is 21.8. The van der Waals surface area contributed by atoms with Crippen LogP contribution >= 0.6 is 35.0 Å². The molecule has 0 saturated heterocycles. The molecule has 3 N–H and O–H groups in total. The number of hydrogen-bond acceptors (Lipinski definition) is 4. The van der Waals surface area contributed by atoms with Crippen LogP contribution in [0.15, 0.2) is 59.5 Å². The van der Waals surface area contributed by atoms with Gasteiger partial charge in [-0.3, -0.25) is 9.59 Å². The Kier molecular flexibility index (Phi) is 7.92. The molecule has 1 unspecified atom stereocenters. The van der Waals surface area contributed by atoms with E-state index in [0.717, 1.165) is 17.0 Å². The lowest BCUT2D eigenvalue weighted by Gasteiger charge is -2.14. The van der Waals surface area contributed by atoms with Crippen molar-refractivity contribution in [3.8, 4) is 0 Å². The topological polar surface area (TPSA) is 95.5 Å². The van der Waals surface area contributed by atoms with Gasteiger partial charge >= 0.3 is 5.97 Å². The Hall–Kier alpha value is -2.48. The molecule has 2 aromatic rings. The summed E-state index contributed by atoms with van der Waals surface area (Å²) in [5, 5.41) is 14.2. The predicted molar refractivity (Wildman–Crippen MR) is 112 cm³/mol. The van der Waals surface area contributed by atoms with Crippen molar-refractivity contribution in [2.24, 2.45) is 0 Å². The Morgan fingerprint density at radius 2 is 1.82 bits per heavy atom. The number of carboxylic acids is 1. The van der Waals surface area contributed by atoms with Crippen molar-refractivity contribution in [3.63, 3.8) is 0 Å². The van der Waals surface area contributed by atoms with E-state index in [2.05, 4.69) is 10.6 Å². The smallest absolute Gasteiger partial charge is 0.328 e. The second kappa shape index (κ2) is 10.2. The fourth-order valence-corrected chi connectivity index (χ4v) is 3.33. The summed E-state index contributed by atoms with van der Waals surface area (Å²) >= 11 is 13.3. The molecular formula is C19H16Cl2N2O4S. The molecule has 1 atom stereocenters. The van der Waals surface area contributed by atoms with Gasteiger partial charge in [0.05, 0.1) is 16.0 Å². The van der Waals surface area contributed by atoms with Crippen molar-refractivity contribution in [1.29, 1.82) is 0 Å². The van der Waals surface area contributed by atoms with Crippen molar-refractivity contribution in [2.45, 2.75) is 17.1 Å². The number of aliphatic carboxylic acids is 1. The molecule has 146 valence electrons. The summed E-state index contributed by atoms with van der Waals surface area (Å²) in [6.07, 6.45) is 1.67. The van der Waals surface area contributed by atoms with Crippen molar-refractivity contribution in [1.82, 2.24) is 0 Å². The van der Waals surface area contributed by atoms with E-state index >= 15 is 0 Å². The second-order valence-corrected chi connectivity index (χ2v) is 7.82. The molecule has 28 heavy (non-hydrogen) atoms. The zero-order valence-electron chi connectivity index (χ0n) is 14.6. The third-order valence-corrected chi connectivity index (χ3v) is 5.01. The van der Waals surface area contributed by atoms with Crippen LogP contribution in [0.25, 0.3) is 0 Å². The highest BCUT2D eigenvalue weighted by Crippen LogP contribution is 2.29. The maximum Gasteiger partial charge on any atom is 0.328 e. The number of carbonyl (C=O) groups excluding carboxylic acids is 2. The SMILES string of the molecule is CC(Sc1cccc(NC(=O)/C=C/C(=O)O)c1)C(=O)Nc1cc(Cl)ccc1Cl. The minimum atomic E-state index is -1.21. The second-order valence-electron chi connectivity index (χ2n) is 5.56. The lowest BCUT2D eigenvalue weighted by molar-refractivity contribution is -0.131. The zero-order valence-corrected chi connectivity index (χ0v) is 16.9. The molecule has 0 bridgehead atoms. The van der Waals surface area contributed by atoms with Gasteiger partial charge in [-0.05, 0) is 43.3 Å². The molecule has 2 amide bonds. The van der Waals surface area contributed by atoms with Gasteiger partial charge in [0.15, 0.2) is 0 Å².